The normalized spacial score (nSPS) is 13.1. The first kappa shape index (κ1) is 19.3. The summed E-state index contributed by atoms with van der Waals surface area (Å²) < 4.78 is 1.83. The Morgan fingerprint density at radius 1 is 1.03 bits per heavy atom. The van der Waals surface area contributed by atoms with Crippen molar-refractivity contribution in [3.05, 3.63) is 72.1 Å². The van der Waals surface area contributed by atoms with Crippen LogP contribution in [0.1, 0.15) is 11.1 Å². The molecule has 7 heteroatoms. The molecule has 0 saturated heterocycles. The van der Waals surface area contributed by atoms with E-state index in [9.17, 15) is 4.79 Å². The molecule has 3 heterocycles. The van der Waals surface area contributed by atoms with Gasteiger partial charge >= 0.3 is 6.03 Å². The lowest BCUT2D eigenvalue weighted by molar-refractivity contribution is 0.230. The zero-order valence-electron chi connectivity index (χ0n) is 17.6. The average molecular weight is 412 g/mol. The SMILES string of the molecule is CN(C)C(=O)Nc1cccc(-c2cnc3cc(-c4ccc5c(c4)CNCC5)cnn23)c1. The van der Waals surface area contributed by atoms with Crippen molar-refractivity contribution in [2.24, 2.45) is 0 Å². The number of imidazole rings is 1. The molecule has 0 aliphatic carbocycles. The van der Waals surface area contributed by atoms with Crippen LogP contribution in [0, 0.1) is 0 Å². The van der Waals surface area contributed by atoms with E-state index in [4.69, 9.17) is 0 Å². The van der Waals surface area contributed by atoms with Crippen molar-refractivity contribution < 1.29 is 4.79 Å². The Morgan fingerprint density at radius 3 is 2.81 bits per heavy atom. The molecule has 0 spiro atoms. The van der Waals surface area contributed by atoms with Gasteiger partial charge in [0, 0.05) is 37.5 Å². The maximum Gasteiger partial charge on any atom is 0.321 e. The highest BCUT2D eigenvalue weighted by atomic mass is 16.2. The molecule has 0 bridgehead atoms. The van der Waals surface area contributed by atoms with E-state index in [0.29, 0.717) is 0 Å². The monoisotopic (exact) mass is 412 g/mol. The van der Waals surface area contributed by atoms with Crippen molar-refractivity contribution >= 4 is 17.4 Å². The third-order valence-corrected chi connectivity index (χ3v) is 5.60. The molecule has 0 radical (unpaired) electrons. The topological polar surface area (TPSA) is 74.6 Å². The molecular weight excluding hydrogens is 388 g/mol. The quantitative estimate of drug-likeness (QED) is 0.537. The van der Waals surface area contributed by atoms with Gasteiger partial charge in [-0.3, -0.25) is 0 Å². The number of anilines is 1. The number of hydrogen-bond acceptors (Lipinski definition) is 4. The van der Waals surface area contributed by atoms with Gasteiger partial charge < -0.3 is 15.5 Å². The summed E-state index contributed by atoms with van der Waals surface area (Å²) in [5, 5.41) is 11.0. The van der Waals surface area contributed by atoms with Crippen LogP contribution in [0.4, 0.5) is 10.5 Å². The van der Waals surface area contributed by atoms with Gasteiger partial charge in [-0.1, -0.05) is 24.3 Å². The maximum atomic E-state index is 12.0. The van der Waals surface area contributed by atoms with E-state index < -0.39 is 0 Å². The van der Waals surface area contributed by atoms with Gasteiger partial charge in [-0.05, 0) is 53.9 Å². The first-order valence-electron chi connectivity index (χ1n) is 10.3. The third kappa shape index (κ3) is 3.75. The first-order chi connectivity index (χ1) is 15.1. The van der Waals surface area contributed by atoms with Crippen molar-refractivity contribution in [2.75, 3.05) is 26.0 Å². The highest BCUT2D eigenvalue weighted by molar-refractivity contribution is 5.89. The van der Waals surface area contributed by atoms with Crippen molar-refractivity contribution in [3.63, 3.8) is 0 Å². The summed E-state index contributed by atoms with van der Waals surface area (Å²) in [6, 6.07) is 16.2. The summed E-state index contributed by atoms with van der Waals surface area (Å²) in [6.07, 6.45) is 4.77. The Bertz CT molecular complexity index is 1280. The van der Waals surface area contributed by atoms with Crippen LogP contribution < -0.4 is 10.6 Å². The molecule has 0 saturated carbocycles. The smallest absolute Gasteiger partial charge is 0.321 e. The highest BCUT2D eigenvalue weighted by Crippen LogP contribution is 2.27. The minimum Gasteiger partial charge on any atom is -0.331 e. The lowest BCUT2D eigenvalue weighted by atomic mass is 9.96. The molecule has 1 aliphatic rings. The Hall–Kier alpha value is -3.71. The van der Waals surface area contributed by atoms with Gasteiger partial charge in [0.05, 0.1) is 18.1 Å². The number of carbonyl (C=O) groups excluding carboxylic acids is 1. The molecule has 0 fully saturated rings. The van der Waals surface area contributed by atoms with Gasteiger partial charge in [0.2, 0.25) is 0 Å². The second-order valence-electron chi connectivity index (χ2n) is 7.97. The van der Waals surface area contributed by atoms with Crippen LogP contribution >= 0.6 is 0 Å². The number of fused-ring (bicyclic) bond motifs is 2. The molecule has 2 N–H and O–H groups in total. The van der Waals surface area contributed by atoms with E-state index in [1.54, 1.807) is 14.1 Å². The highest BCUT2D eigenvalue weighted by Gasteiger charge is 2.13. The fraction of sp³-hybridized carbons (Fsp3) is 0.208. The molecule has 2 amide bonds. The lowest BCUT2D eigenvalue weighted by Crippen LogP contribution is -2.27. The molecule has 2 aromatic carbocycles. The van der Waals surface area contributed by atoms with Gasteiger partial charge in [0.25, 0.3) is 0 Å². The number of nitrogens with one attached hydrogen (secondary N) is 2. The number of carbonyl (C=O) groups is 1. The summed E-state index contributed by atoms with van der Waals surface area (Å²) in [7, 11) is 3.43. The van der Waals surface area contributed by atoms with Crippen LogP contribution in [0.15, 0.2) is 60.9 Å². The number of amides is 2. The van der Waals surface area contributed by atoms with Gasteiger partial charge in [0.1, 0.15) is 0 Å². The van der Waals surface area contributed by atoms with Crippen LogP contribution in [0.5, 0.6) is 0 Å². The molecule has 4 aromatic rings. The molecule has 1 aliphatic heterocycles. The summed E-state index contributed by atoms with van der Waals surface area (Å²) in [4.78, 5) is 18.0. The predicted octanol–water partition coefficient (Wildman–Crippen LogP) is 3.80. The molecular formula is C24H24N6O. The Balaban J connectivity index is 1.47. The van der Waals surface area contributed by atoms with E-state index in [1.807, 2.05) is 41.2 Å². The lowest BCUT2D eigenvalue weighted by Gasteiger charge is -2.17. The standard InChI is InChI=1S/C24H24N6O/c1-29(2)24(31)28-21-5-3-4-18(11-21)22-15-26-23-12-20(14-27-30(22)23)17-7-6-16-8-9-25-13-19(16)10-17/h3-7,10-12,14-15,25H,8-9,13H2,1-2H3,(H,28,31). The predicted molar refractivity (Wildman–Crippen MR) is 122 cm³/mol. The van der Waals surface area contributed by atoms with E-state index in [-0.39, 0.29) is 6.03 Å². The number of rotatable bonds is 3. The molecule has 7 nitrogen and oxygen atoms in total. The van der Waals surface area contributed by atoms with E-state index >= 15 is 0 Å². The average Bonchev–Trinajstić information content (AvgIpc) is 3.22. The van der Waals surface area contributed by atoms with Crippen LogP contribution in [0.25, 0.3) is 28.0 Å². The molecule has 5 rings (SSSR count). The fourth-order valence-corrected chi connectivity index (χ4v) is 3.88. The Kier molecular flexibility index (Phi) is 4.88. The zero-order valence-corrected chi connectivity index (χ0v) is 17.6. The molecule has 156 valence electrons. The molecule has 2 aromatic heterocycles. The van der Waals surface area contributed by atoms with Crippen molar-refractivity contribution in [3.8, 4) is 22.4 Å². The largest absolute Gasteiger partial charge is 0.331 e. The van der Waals surface area contributed by atoms with Crippen LogP contribution in [0.3, 0.4) is 0 Å². The van der Waals surface area contributed by atoms with Gasteiger partial charge in [-0.2, -0.15) is 5.10 Å². The minimum absolute atomic E-state index is 0.168. The number of aromatic nitrogens is 3. The number of urea groups is 1. The van der Waals surface area contributed by atoms with Crippen molar-refractivity contribution in [1.82, 2.24) is 24.8 Å². The van der Waals surface area contributed by atoms with Crippen LogP contribution in [-0.4, -0.2) is 46.2 Å². The summed E-state index contributed by atoms with van der Waals surface area (Å²) in [5.41, 5.74) is 8.28. The summed E-state index contributed by atoms with van der Waals surface area (Å²) in [5.74, 6) is 0. The van der Waals surface area contributed by atoms with Crippen molar-refractivity contribution in [1.29, 1.82) is 0 Å². The van der Waals surface area contributed by atoms with Crippen molar-refractivity contribution in [2.45, 2.75) is 13.0 Å². The van der Waals surface area contributed by atoms with Gasteiger partial charge in [-0.15, -0.1) is 0 Å². The van der Waals surface area contributed by atoms with E-state index in [1.165, 1.54) is 16.0 Å². The molecule has 31 heavy (non-hydrogen) atoms. The number of benzene rings is 2. The van der Waals surface area contributed by atoms with Crippen LogP contribution in [0.2, 0.25) is 0 Å². The maximum absolute atomic E-state index is 12.0. The number of hydrogen-bond donors (Lipinski definition) is 2. The van der Waals surface area contributed by atoms with Gasteiger partial charge in [0.15, 0.2) is 5.65 Å². The second kappa shape index (κ2) is 7.85. The van der Waals surface area contributed by atoms with Gasteiger partial charge in [-0.25, -0.2) is 14.3 Å². The van der Waals surface area contributed by atoms with E-state index in [0.717, 1.165) is 53.2 Å². The first-order valence-corrected chi connectivity index (χ1v) is 10.3. The van der Waals surface area contributed by atoms with Crippen LogP contribution in [-0.2, 0) is 13.0 Å². The Labute approximate surface area is 180 Å². The molecule has 0 atom stereocenters. The third-order valence-electron chi connectivity index (χ3n) is 5.60. The summed E-state index contributed by atoms with van der Waals surface area (Å²) >= 11 is 0. The van der Waals surface area contributed by atoms with E-state index in [2.05, 4.69) is 45.0 Å². The fourth-order valence-electron chi connectivity index (χ4n) is 3.88. The summed E-state index contributed by atoms with van der Waals surface area (Å²) in [6.45, 7) is 1.95. The molecule has 0 unspecified atom stereocenters. The number of nitrogens with zero attached hydrogens (tertiary/aromatic N) is 4. The minimum atomic E-state index is -0.168. The zero-order chi connectivity index (χ0) is 21.4. The second-order valence-corrected chi connectivity index (χ2v) is 7.97. The Morgan fingerprint density at radius 2 is 1.94 bits per heavy atom.